The van der Waals surface area contributed by atoms with E-state index in [4.69, 9.17) is 4.42 Å². The van der Waals surface area contributed by atoms with Gasteiger partial charge in [-0.3, -0.25) is 4.68 Å². The lowest BCUT2D eigenvalue weighted by atomic mass is 10.2. The molecular formula is C13H19N3O. The molecule has 0 aliphatic rings. The first-order valence-corrected chi connectivity index (χ1v) is 6.04. The van der Waals surface area contributed by atoms with Gasteiger partial charge in [0.05, 0.1) is 12.0 Å². The predicted octanol–water partition coefficient (Wildman–Crippen LogP) is 1.91. The minimum absolute atomic E-state index is 0.873. The molecule has 0 fully saturated rings. The standard InChI is InChI=1S/C13H19N3O/c1-3-13-11(10-16(2)15-13)9-14-7-6-12-5-4-8-17-12/h4-5,8,10,14H,3,6-7,9H2,1-2H3. The highest BCUT2D eigenvalue weighted by molar-refractivity contribution is 5.16. The van der Waals surface area contributed by atoms with Crippen LogP contribution in [-0.4, -0.2) is 16.3 Å². The molecule has 17 heavy (non-hydrogen) atoms. The van der Waals surface area contributed by atoms with Crippen molar-refractivity contribution in [2.45, 2.75) is 26.3 Å². The first kappa shape index (κ1) is 11.9. The summed E-state index contributed by atoms with van der Waals surface area (Å²) in [4.78, 5) is 0. The van der Waals surface area contributed by atoms with Gasteiger partial charge in [-0.25, -0.2) is 0 Å². The average molecular weight is 233 g/mol. The predicted molar refractivity (Wildman–Crippen MR) is 66.7 cm³/mol. The van der Waals surface area contributed by atoms with Gasteiger partial charge in [0.2, 0.25) is 0 Å². The van der Waals surface area contributed by atoms with Crippen molar-refractivity contribution in [2.24, 2.45) is 7.05 Å². The Balaban J connectivity index is 1.77. The van der Waals surface area contributed by atoms with Crippen LogP contribution in [0, 0.1) is 0 Å². The zero-order chi connectivity index (χ0) is 12.1. The fourth-order valence-electron chi connectivity index (χ4n) is 1.92. The number of nitrogens with one attached hydrogen (secondary N) is 1. The Morgan fingerprint density at radius 1 is 1.47 bits per heavy atom. The Bertz CT molecular complexity index is 445. The van der Waals surface area contributed by atoms with Crippen LogP contribution >= 0.6 is 0 Å². The summed E-state index contributed by atoms with van der Waals surface area (Å²) in [5.41, 5.74) is 2.47. The van der Waals surface area contributed by atoms with Crippen molar-refractivity contribution < 1.29 is 4.42 Å². The van der Waals surface area contributed by atoms with Crippen molar-refractivity contribution in [3.05, 3.63) is 41.6 Å². The summed E-state index contributed by atoms with van der Waals surface area (Å²) in [6, 6.07) is 3.93. The molecule has 0 spiro atoms. The molecule has 0 saturated carbocycles. The van der Waals surface area contributed by atoms with E-state index in [1.807, 2.05) is 23.9 Å². The van der Waals surface area contributed by atoms with Crippen LogP contribution in [0.25, 0.3) is 0 Å². The highest BCUT2D eigenvalue weighted by Gasteiger charge is 2.04. The molecule has 2 rings (SSSR count). The molecule has 4 nitrogen and oxygen atoms in total. The Kier molecular flexibility index (Phi) is 3.98. The van der Waals surface area contributed by atoms with Gasteiger partial charge in [-0.15, -0.1) is 0 Å². The van der Waals surface area contributed by atoms with Crippen molar-refractivity contribution in [1.29, 1.82) is 0 Å². The third-order valence-electron chi connectivity index (χ3n) is 2.77. The fourth-order valence-corrected chi connectivity index (χ4v) is 1.92. The van der Waals surface area contributed by atoms with Crippen LogP contribution in [0.3, 0.4) is 0 Å². The summed E-state index contributed by atoms with van der Waals surface area (Å²) in [7, 11) is 1.96. The summed E-state index contributed by atoms with van der Waals surface area (Å²) in [6.45, 7) is 3.93. The quantitative estimate of drug-likeness (QED) is 0.775. The van der Waals surface area contributed by atoms with Gasteiger partial charge < -0.3 is 9.73 Å². The Morgan fingerprint density at radius 2 is 2.35 bits per heavy atom. The van der Waals surface area contributed by atoms with Gasteiger partial charge in [0.1, 0.15) is 5.76 Å². The number of aryl methyl sites for hydroxylation is 2. The molecule has 0 bridgehead atoms. The van der Waals surface area contributed by atoms with Crippen LogP contribution in [0.2, 0.25) is 0 Å². The molecule has 0 unspecified atom stereocenters. The molecule has 0 aromatic carbocycles. The second kappa shape index (κ2) is 5.68. The number of hydrogen-bond donors (Lipinski definition) is 1. The molecule has 92 valence electrons. The average Bonchev–Trinajstić information content (AvgIpc) is 2.93. The highest BCUT2D eigenvalue weighted by atomic mass is 16.3. The lowest BCUT2D eigenvalue weighted by molar-refractivity contribution is 0.498. The van der Waals surface area contributed by atoms with E-state index in [9.17, 15) is 0 Å². The van der Waals surface area contributed by atoms with Gasteiger partial charge >= 0.3 is 0 Å². The minimum Gasteiger partial charge on any atom is -0.469 e. The third kappa shape index (κ3) is 3.20. The maximum atomic E-state index is 5.28. The van der Waals surface area contributed by atoms with E-state index >= 15 is 0 Å². The molecule has 0 radical (unpaired) electrons. The van der Waals surface area contributed by atoms with Gasteiger partial charge in [-0.1, -0.05) is 6.92 Å². The van der Waals surface area contributed by atoms with E-state index in [-0.39, 0.29) is 0 Å². The summed E-state index contributed by atoms with van der Waals surface area (Å²) in [6.07, 6.45) is 5.70. The molecule has 0 aliphatic carbocycles. The molecule has 0 atom stereocenters. The van der Waals surface area contributed by atoms with Crippen molar-refractivity contribution in [1.82, 2.24) is 15.1 Å². The Labute approximate surface area is 102 Å². The summed E-state index contributed by atoms with van der Waals surface area (Å²) in [5, 5.41) is 7.83. The van der Waals surface area contributed by atoms with Gasteiger partial charge in [0, 0.05) is 38.3 Å². The second-order valence-corrected chi connectivity index (χ2v) is 4.13. The van der Waals surface area contributed by atoms with E-state index in [1.54, 1.807) is 6.26 Å². The molecule has 0 saturated heterocycles. The first-order valence-electron chi connectivity index (χ1n) is 6.04. The number of nitrogens with zero attached hydrogens (tertiary/aromatic N) is 2. The first-order chi connectivity index (χ1) is 8.29. The molecule has 0 amide bonds. The van der Waals surface area contributed by atoms with Gasteiger partial charge in [-0.2, -0.15) is 5.10 Å². The van der Waals surface area contributed by atoms with Crippen LogP contribution < -0.4 is 5.32 Å². The maximum Gasteiger partial charge on any atom is 0.105 e. The zero-order valence-electron chi connectivity index (χ0n) is 10.4. The van der Waals surface area contributed by atoms with Crippen molar-refractivity contribution in [3.63, 3.8) is 0 Å². The lowest BCUT2D eigenvalue weighted by Crippen LogP contribution is -2.16. The van der Waals surface area contributed by atoms with E-state index in [2.05, 4.69) is 23.5 Å². The normalized spacial score (nSPS) is 10.9. The number of furan rings is 1. The molecule has 0 aliphatic heterocycles. The van der Waals surface area contributed by atoms with E-state index in [0.29, 0.717) is 0 Å². The van der Waals surface area contributed by atoms with E-state index < -0.39 is 0 Å². The maximum absolute atomic E-state index is 5.28. The molecular weight excluding hydrogens is 214 g/mol. The third-order valence-corrected chi connectivity index (χ3v) is 2.77. The van der Waals surface area contributed by atoms with Crippen molar-refractivity contribution >= 4 is 0 Å². The summed E-state index contributed by atoms with van der Waals surface area (Å²) in [5.74, 6) is 1.03. The SMILES string of the molecule is CCc1nn(C)cc1CNCCc1ccco1. The number of hydrogen-bond acceptors (Lipinski definition) is 3. The van der Waals surface area contributed by atoms with Crippen LogP contribution in [0.1, 0.15) is 23.9 Å². The molecule has 4 heteroatoms. The van der Waals surface area contributed by atoms with Gasteiger partial charge in [0.25, 0.3) is 0 Å². The van der Waals surface area contributed by atoms with E-state index in [0.717, 1.165) is 31.7 Å². The fraction of sp³-hybridized carbons (Fsp3) is 0.462. The van der Waals surface area contributed by atoms with Crippen molar-refractivity contribution in [2.75, 3.05) is 6.54 Å². The smallest absolute Gasteiger partial charge is 0.105 e. The highest BCUT2D eigenvalue weighted by Crippen LogP contribution is 2.06. The zero-order valence-corrected chi connectivity index (χ0v) is 10.4. The summed E-state index contributed by atoms with van der Waals surface area (Å²) < 4.78 is 7.16. The Hall–Kier alpha value is -1.55. The van der Waals surface area contributed by atoms with Crippen LogP contribution in [0.4, 0.5) is 0 Å². The monoisotopic (exact) mass is 233 g/mol. The molecule has 1 N–H and O–H groups in total. The van der Waals surface area contributed by atoms with Crippen LogP contribution in [0.5, 0.6) is 0 Å². The Morgan fingerprint density at radius 3 is 3.06 bits per heavy atom. The van der Waals surface area contributed by atoms with Crippen LogP contribution in [0.15, 0.2) is 29.0 Å². The van der Waals surface area contributed by atoms with E-state index in [1.165, 1.54) is 11.3 Å². The lowest BCUT2D eigenvalue weighted by Gasteiger charge is -2.02. The topological polar surface area (TPSA) is 43.0 Å². The second-order valence-electron chi connectivity index (χ2n) is 4.13. The summed E-state index contributed by atoms with van der Waals surface area (Å²) >= 11 is 0. The van der Waals surface area contributed by atoms with Gasteiger partial charge in [-0.05, 0) is 18.6 Å². The molecule has 2 aromatic heterocycles. The van der Waals surface area contributed by atoms with Crippen LogP contribution in [-0.2, 0) is 26.4 Å². The van der Waals surface area contributed by atoms with Crippen molar-refractivity contribution in [3.8, 4) is 0 Å². The number of aromatic nitrogens is 2. The minimum atomic E-state index is 0.873. The molecule has 2 aromatic rings. The largest absolute Gasteiger partial charge is 0.469 e. The van der Waals surface area contributed by atoms with Gasteiger partial charge in [0.15, 0.2) is 0 Å². The number of rotatable bonds is 6. The molecule has 2 heterocycles.